The predicted molar refractivity (Wildman–Crippen MR) is 116 cm³/mol. The molecule has 0 bridgehead atoms. The second-order valence-corrected chi connectivity index (χ2v) is 11.2. The summed E-state index contributed by atoms with van der Waals surface area (Å²) in [6, 6.07) is 2.19. The maximum Gasteiger partial charge on any atom is 0.104 e. The van der Waals surface area contributed by atoms with Crippen LogP contribution in [0.2, 0.25) is 0 Å². The van der Waals surface area contributed by atoms with Crippen molar-refractivity contribution in [1.82, 2.24) is 0 Å². The van der Waals surface area contributed by atoms with E-state index in [1.165, 1.54) is 44.1 Å². The molecule has 5 aliphatic rings. The molecule has 3 saturated carbocycles. The average molecular weight is 412 g/mol. The normalized spacial score (nSPS) is 48.9. The molecule has 4 fully saturated rings. The van der Waals surface area contributed by atoms with E-state index in [4.69, 9.17) is 19.6 Å². The molecular weight excluding hydrogens is 374 g/mol. The summed E-state index contributed by atoms with van der Waals surface area (Å²) in [7, 11) is 0. The van der Waals surface area contributed by atoms with Gasteiger partial charge >= 0.3 is 0 Å². The summed E-state index contributed by atoms with van der Waals surface area (Å²) < 4.78 is 18.3. The van der Waals surface area contributed by atoms with Crippen LogP contribution in [0.1, 0.15) is 76.7 Å². The summed E-state index contributed by atoms with van der Waals surface area (Å²) >= 11 is 0. The first kappa shape index (κ1) is 19.6. The number of fused-ring (bicyclic) bond motifs is 3. The molecule has 0 amide bonds. The lowest BCUT2D eigenvalue weighted by Crippen LogP contribution is -2.55. The third-order valence-electron chi connectivity index (χ3n) is 10.1. The fourth-order valence-electron chi connectivity index (χ4n) is 8.51. The molecule has 2 N–H and O–H groups in total. The van der Waals surface area contributed by atoms with Gasteiger partial charge in [0.1, 0.15) is 5.60 Å². The van der Waals surface area contributed by atoms with E-state index in [0.29, 0.717) is 29.5 Å². The van der Waals surface area contributed by atoms with Gasteiger partial charge in [-0.15, -0.1) is 0 Å². The first-order valence-corrected chi connectivity index (χ1v) is 12.2. The van der Waals surface area contributed by atoms with Crippen LogP contribution in [0.3, 0.4) is 0 Å². The molecule has 4 heteroatoms. The fraction of sp³-hybridized carbons (Fsp3) is 0.769. The zero-order chi connectivity index (χ0) is 20.6. The quantitative estimate of drug-likeness (QED) is 0.411. The summed E-state index contributed by atoms with van der Waals surface area (Å²) in [5, 5.41) is 0. The molecule has 1 aromatic heterocycles. The van der Waals surface area contributed by atoms with Crippen LogP contribution >= 0.6 is 0 Å². The van der Waals surface area contributed by atoms with Crippen molar-refractivity contribution in [2.75, 3.05) is 13.2 Å². The Morgan fingerprint density at radius 3 is 2.90 bits per heavy atom. The Hall–Kier alpha value is -1.10. The molecule has 1 spiro atoms. The van der Waals surface area contributed by atoms with Crippen molar-refractivity contribution >= 4 is 0 Å². The molecule has 1 aliphatic heterocycles. The largest absolute Gasteiger partial charge is 0.472 e. The molecule has 30 heavy (non-hydrogen) atoms. The molecule has 164 valence electrons. The number of allylic oxidation sites excluding steroid dienone is 1. The standard InChI is InChI=1S/C26H37NO3/c1-24-9-6-19(29-12-3-11-27)14-18(24)4-5-21-20(24)7-10-25(2)22(17-8-13-28-16-17)15-23-26(21,25)30-23/h4,8,13,16,19-23H,3,5-7,9-12,14-15,27H2,1-2H3/t19-,20-,21+,22+,23+,24-,25+,26+/m0/s1. The molecule has 0 aromatic carbocycles. The summed E-state index contributed by atoms with van der Waals surface area (Å²) in [5.74, 6) is 2.01. The summed E-state index contributed by atoms with van der Waals surface area (Å²) in [6.07, 6.45) is 16.8. The van der Waals surface area contributed by atoms with Gasteiger partial charge in [-0.1, -0.05) is 25.5 Å². The topological polar surface area (TPSA) is 60.9 Å². The Kier molecular flexibility index (Phi) is 4.37. The van der Waals surface area contributed by atoms with Crippen LogP contribution in [-0.2, 0) is 9.47 Å². The van der Waals surface area contributed by atoms with E-state index >= 15 is 0 Å². The molecule has 0 radical (unpaired) electrons. The lowest BCUT2D eigenvalue weighted by molar-refractivity contribution is -0.0803. The van der Waals surface area contributed by atoms with Gasteiger partial charge in [-0.3, -0.25) is 0 Å². The van der Waals surface area contributed by atoms with Crippen molar-refractivity contribution in [3.8, 4) is 0 Å². The molecule has 4 aliphatic carbocycles. The van der Waals surface area contributed by atoms with Crippen molar-refractivity contribution in [3.63, 3.8) is 0 Å². The van der Waals surface area contributed by atoms with Crippen LogP contribution in [0.5, 0.6) is 0 Å². The number of hydrogen-bond acceptors (Lipinski definition) is 4. The monoisotopic (exact) mass is 411 g/mol. The second-order valence-electron chi connectivity index (χ2n) is 11.2. The minimum absolute atomic E-state index is 0.0946. The van der Waals surface area contributed by atoms with Crippen LogP contribution < -0.4 is 5.73 Å². The van der Waals surface area contributed by atoms with Crippen LogP contribution in [0.25, 0.3) is 0 Å². The maximum absolute atomic E-state index is 6.66. The molecule has 1 aromatic rings. The molecular formula is C26H37NO3. The van der Waals surface area contributed by atoms with Gasteiger partial charge in [0.15, 0.2) is 0 Å². The lowest BCUT2D eigenvalue weighted by atomic mass is 9.46. The van der Waals surface area contributed by atoms with Crippen molar-refractivity contribution in [1.29, 1.82) is 0 Å². The maximum atomic E-state index is 6.66. The highest BCUT2D eigenvalue weighted by atomic mass is 16.6. The van der Waals surface area contributed by atoms with Crippen LogP contribution in [0, 0.1) is 22.7 Å². The number of nitrogens with two attached hydrogens (primary N) is 1. The molecule has 6 rings (SSSR count). The highest BCUT2D eigenvalue weighted by Crippen LogP contribution is 2.77. The first-order chi connectivity index (χ1) is 14.5. The van der Waals surface area contributed by atoms with Crippen molar-refractivity contribution in [2.24, 2.45) is 28.4 Å². The van der Waals surface area contributed by atoms with Crippen molar-refractivity contribution < 1.29 is 13.9 Å². The molecule has 2 heterocycles. The van der Waals surface area contributed by atoms with Crippen LogP contribution in [0.15, 0.2) is 34.7 Å². The van der Waals surface area contributed by atoms with Gasteiger partial charge < -0.3 is 19.6 Å². The van der Waals surface area contributed by atoms with E-state index < -0.39 is 0 Å². The second kappa shape index (κ2) is 6.70. The Morgan fingerprint density at radius 2 is 2.10 bits per heavy atom. The summed E-state index contributed by atoms with van der Waals surface area (Å²) in [6.45, 7) is 6.62. The average Bonchev–Trinajstić information content (AvgIpc) is 3.09. The van der Waals surface area contributed by atoms with E-state index in [-0.39, 0.29) is 11.0 Å². The first-order valence-electron chi connectivity index (χ1n) is 12.2. The molecule has 0 unspecified atom stereocenters. The minimum Gasteiger partial charge on any atom is -0.472 e. The molecule has 4 nitrogen and oxygen atoms in total. The minimum atomic E-state index is 0.0946. The zero-order valence-electron chi connectivity index (χ0n) is 18.6. The lowest BCUT2D eigenvalue weighted by Gasteiger charge is -2.58. The highest BCUT2D eigenvalue weighted by Gasteiger charge is 2.80. The Labute approximate surface area is 180 Å². The Morgan fingerprint density at radius 1 is 1.20 bits per heavy atom. The van der Waals surface area contributed by atoms with Gasteiger partial charge in [-0.05, 0) is 92.7 Å². The van der Waals surface area contributed by atoms with Gasteiger partial charge in [0.2, 0.25) is 0 Å². The summed E-state index contributed by atoms with van der Waals surface area (Å²) in [4.78, 5) is 0. The fourth-order valence-corrected chi connectivity index (χ4v) is 8.51. The SMILES string of the molecule is C[C@]12CC[C@H](OCCCN)CC1=CC[C@@H]1[C@@H]2CC[C@]2(C)[C@@H](c3ccoc3)C[C@H]3O[C@]132. The van der Waals surface area contributed by atoms with Gasteiger partial charge in [0.25, 0.3) is 0 Å². The number of ether oxygens (including phenoxy) is 2. The number of epoxide rings is 1. The van der Waals surface area contributed by atoms with E-state index in [9.17, 15) is 0 Å². The Balaban J connectivity index is 1.26. The highest BCUT2D eigenvalue weighted by molar-refractivity contribution is 5.37. The van der Waals surface area contributed by atoms with Crippen molar-refractivity contribution in [3.05, 3.63) is 35.8 Å². The third-order valence-corrected chi connectivity index (χ3v) is 10.1. The van der Waals surface area contributed by atoms with Crippen LogP contribution in [0.4, 0.5) is 0 Å². The van der Waals surface area contributed by atoms with E-state index in [0.717, 1.165) is 31.9 Å². The third kappa shape index (κ3) is 2.45. The van der Waals surface area contributed by atoms with E-state index in [2.05, 4.69) is 26.0 Å². The zero-order valence-corrected chi connectivity index (χ0v) is 18.6. The smallest absolute Gasteiger partial charge is 0.104 e. The van der Waals surface area contributed by atoms with E-state index in [1.807, 2.05) is 12.5 Å². The molecule has 8 atom stereocenters. The van der Waals surface area contributed by atoms with Gasteiger partial charge in [-0.2, -0.15) is 0 Å². The van der Waals surface area contributed by atoms with Gasteiger partial charge in [-0.25, -0.2) is 0 Å². The number of rotatable bonds is 5. The summed E-state index contributed by atoms with van der Waals surface area (Å²) in [5.41, 5.74) is 9.38. The van der Waals surface area contributed by atoms with Crippen LogP contribution in [-0.4, -0.2) is 31.0 Å². The van der Waals surface area contributed by atoms with E-state index in [1.54, 1.807) is 5.57 Å². The predicted octanol–water partition coefficient (Wildman–Crippen LogP) is 5.19. The van der Waals surface area contributed by atoms with Gasteiger partial charge in [0.05, 0.1) is 24.7 Å². The number of furan rings is 1. The molecule has 1 saturated heterocycles. The Bertz CT molecular complexity index is 833. The van der Waals surface area contributed by atoms with Crippen molar-refractivity contribution in [2.45, 2.75) is 88.9 Å². The van der Waals surface area contributed by atoms with Gasteiger partial charge in [0, 0.05) is 12.0 Å². The number of hydrogen-bond donors (Lipinski definition) is 1.